The Kier molecular flexibility index (Phi) is 5.28. The molecule has 1 unspecified atom stereocenters. The van der Waals surface area contributed by atoms with Crippen LogP contribution in [0, 0.1) is 0 Å². The molecule has 0 bridgehead atoms. The number of esters is 2. The fourth-order valence-electron chi connectivity index (χ4n) is 2.74. The lowest BCUT2D eigenvalue weighted by Crippen LogP contribution is -2.09. The Bertz CT molecular complexity index is 704. The minimum absolute atomic E-state index is 0.312. The molecule has 1 atom stereocenters. The summed E-state index contributed by atoms with van der Waals surface area (Å²) in [5, 5.41) is 0. The number of methoxy groups -OCH3 is 3. The third kappa shape index (κ3) is 2.99. The van der Waals surface area contributed by atoms with Gasteiger partial charge >= 0.3 is 11.9 Å². The number of hydrogen-bond donors (Lipinski definition) is 0. The van der Waals surface area contributed by atoms with Gasteiger partial charge in [0.05, 0.1) is 26.9 Å². The summed E-state index contributed by atoms with van der Waals surface area (Å²) in [7, 11) is 4.47. The van der Waals surface area contributed by atoms with E-state index in [1.165, 1.54) is 21.3 Å². The largest absolute Gasteiger partial charge is 0.493 e. The summed E-state index contributed by atoms with van der Waals surface area (Å²) in [5.41, 5.74) is 1.53. The molecule has 0 amide bonds. The summed E-state index contributed by atoms with van der Waals surface area (Å²) in [6.07, 6.45) is 3.56. The average Bonchev–Trinajstić information content (AvgIpc) is 2.87. The number of ether oxygens (including phenoxy) is 4. The number of cyclic esters (lactones) is 2. The van der Waals surface area contributed by atoms with Crippen LogP contribution >= 0.6 is 0 Å². The molecule has 128 valence electrons. The smallest absolute Gasteiger partial charge is 0.343 e. The first kappa shape index (κ1) is 17.6. The summed E-state index contributed by atoms with van der Waals surface area (Å²) in [4.78, 5) is 24.3. The molecule has 0 N–H and O–H groups in total. The van der Waals surface area contributed by atoms with Gasteiger partial charge in [-0.3, -0.25) is 4.79 Å². The van der Waals surface area contributed by atoms with Gasteiger partial charge in [-0.25, -0.2) is 4.79 Å². The van der Waals surface area contributed by atoms with E-state index in [2.05, 4.69) is 0 Å². The molecule has 1 heterocycles. The Morgan fingerprint density at radius 2 is 1.67 bits per heavy atom. The molecule has 1 aromatic rings. The minimum Gasteiger partial charge on any atom is -0.493 e. The van der Waals surface area contributed by atoms with Crippen molar-refractivity contribution in [2.45, 2.75) is 19.8 Å². The first-order valence-electron chi connectivity index (χ1n) is 7.37. The molecular weight excluding hydrogens is 312 g/mol. The summed E-state index contributed by atoms with van der Waals surface area (Å²) < 4.78 is 20.7. The van der Waals surface area contributed by atoms with Gasteiger partial charge in [0.1, 0.15) is 5.92 Å². The molecular formula is C18H20O6. The van der Waals surface area contributed by atoms with Crippen LogP contribution in [0.1, 0.15) is 25.3 Å². The van der Waals surface area contributed by atoms with Gasteiger partial charge in [0.15, 0.2) is 11.5 Å². The number of carbonyl (C=O) groups is 2. The second-order valence-electron chi connectivity index (χ2n) is 5.20. The molecule has 1 fully saturated rings. The van der Waals surface area contributed by atoms with E-state index in [1.807, 2.05) is 6.92 Å². The van der Waals surface area contributed by atoms with Crippen LogP contribution in [-0.4, -0.2) is 33.3 Å². The Morgan fingerprint density at radius 1 is 1.08 bits per heavy atom. The molecule has 1 aromatic carbocycles. The molecule has 0 radical (unpaired) electrons. The maximum atomic E-state index is 12.2. The summed E-state index contributed by atoms with van der Waals surface area (Å²) in [5.74, 6) is -0.855. The van der Waals surface area contributed by atoms with Crippen LogP contribution in [0.4, 0.5) is 0 Å². The highest BCUT2D eigenvalue weighted by atomic mass is 16.6. The van der Waals surface area contributed by atoms with Crippen molar-refractivity contribution in [3.8, 4) is 17.2 Å². The van der Waals surface area contributed by atoms with Gasteiger partial charge in [-0.05, 0) is 37.1 Å². The van der Waals surface area contributed by atoms with Gasteiger partial charge in [0, 0.05) is 0 Å². The topological polar surface area (TPSA) is 71.1 Å². The lowest BCUT2D eigenvalue weighted by molar-refractivity contribution is -0.151. The molecule has 0 aliphatic carbocycles. The van der Waals surface area contributed by atoms with Crippen molar-refractivity contribution in [1.29, 1.82) is 0 Å². The third-order valence-electron chi connectivity index (χ3n) is 3.80. The Balaban J connectivity index is 2.66. The summed E-state index contributed by atoms with van der Waals surface area (Å²) >= 11 is 0. The highest BCUT2D eigenvalue weighted by Crippen LogP contribution is 2.43. The number of carbonyl (C=O) groups excluding carboxylic acids is 2. The zero-order valence-corrected chi connectivity index (χ0v) is 14.3. The van der Waals surface area contributed by atoms with Gasteiger partial charge in [-0.1, -0.05) is 12.2 Å². The Hall–Kier alpha value is -2.76. The minimum atomic E-state index is -0.831. The molecule has 0 spiro atoms. The van der Waals surface area contributed by atoms with Crippen molar-refractivity contribution >= 4 is 11.9 Å². The lowest BCUT2D eigenvalue weighted by Gasteiger charge is -2.16. The number of rotatable bonds is 5. The molecule has 6 nitrogen and oxygen atoms in total. The summed E-state index contributed by atoms with van der Waals surface area (Å²) in [6.45, 7) is 3.60. The molecule has 24 heavy (non-hydrogen) atoms. The van der Waals surface area contributed by atoms with E-state index in [4.69, 9.17) is 18.9 Å². The van der Waals surface area contributed by atoms with E-state index < -0.39 is 17.9 Å². The molecule has 0 saturated carbocycles. The molecule has 0 aromatic heterocycles. The van der Waals surface area contributed by atoms with Gasteiger partial charge in [0.2, 0.25) is 5.75 Å². The quantitative estimate of drug-likeness (QED) is 0.469. The van der Waals surface area contributed by atoms with Crippen molar-refractivity contribution in [3.05, 3.63) is 41.0 Å². The van der Waals surface area contributed by atoms with Crippen molar-refractivity contribution in [3.63, 3.8) is 0 Å². The van der Waals surface area contributed by atoms with Crippen LogP contribution < -0.4 is 14.2 Å². The first-order chi connectivity index (χ1) is 11.5. The third-order valence-corrected chi connectivity index (χ3v) is 3.80. The van der Waals surface area contributed by atoms with Crippen LogP contribution in [0.3, 0.4) is 0 Å². The van der Waals surface area contributed by atoms with E-state index in [9.17, 15) is 9.59 Å². The fourth-order valence-corrected chi connectivity index (χ4v) is 2.74. The van der Waals surface area contributed by atoms with Gasteiger partial charge in [-0.2, -0.15) is 0 Å². The zero-order valence-electron chi connectivity index (χ0n) is 14.3. The molecule has 1 aliphatic heterocycles. The lowest BCUT2D eigenvalue weighted by atomic mass is 9.89. The number of allylic oxidation sites excluding steroid dienone is 3. The maximum Gasteiger partial charge on any atom is 0.343 e. The number of hydrogen-bond acceptors (Lipinski definition) is 6. The molecule has 6 heteroatoms. The van der Waals surface area contributed by atoms with E-state index in [-0.39, 0.29) is 0 Å². The number of benzene rings is 1. The van der Waals surface area contributed by atoms with Crippen LogP contribution in [0.25, 0.3) is 0 Å². The van der Waals surface area contributed by atoms with Crippen molar-refractivity contribution in [2.24, 2.45) is 0 Å². The normalized spacial score (nSPS) is 19.5. The van der Waals surface area contributed by atoms with Crippen molar-refractivity contribution in [1.82, 2.24) is 0 Å². The average molecular weight is 332 g/mol. The first-order valence-corrected chi connectivity index (χ1v) is 7.37. The summed E-state index contributed by atoms with van der Waals surface area (Å²) in [6, 6.07) is 3.30. The van der Waals surface area contributed by atoms with E-state index in [0.717, 1.165) is 0 Å². The zero-order chi connectivity index (χ0) is 17.9. The molecule has 2 rings (SSSR count). The van der Waals surface area contributed by atoms with Crippen LogP contribution in [0.5, 0.6) is 17.2 Å². The van der Waals surface area contributed by atoms with E-state index >= 15 is 0 Å². The van der Waals surface area contributed by atoms with Gasteiger partial charge in [0.25, 0.3) is 0 Å². The van der Waals surface area contributed by atoms with Crippen LogP contribution in [0.2, 0.25) is 0 Å². The van der Waals surface area contributed by atoms with Crippen molar-refractivity contribution in [2.75, 3.05) is 21.3 Å². The molecule has 1 aliphatic rings. The van der Waals surface area contributed by atoms with Gasteiger partial charge in [-0.15, -0.1) is 0 Å². The molecule has 1 saturated heterocycles. The van der Waals surface area contributed by atoms with Crippen LogP contribution in [0.15, 0.2) is 35.4 Å². The van der Waals surface area contributed by atoms with E-state index in [1.54, 1.807) is 31.2 Å². The second-order valence-corrected chi connectivity index (χ2v) is 5.20. The Labute approximate surface area is 140 Å². The highest BCUT2D eigenvalue weighted by molar-refractivity contribution is 6.11. The SMILES string of the molecule is CC=C/C(C)=C1\C(=O)OC(=O)C1c1cc(OC)c(OC)c(OC)c1. The monoisotopic (exact) mass is 332 g/mol. The van der Waals surface area contributed by atoms with Gasteiger partial charge < -0.3 is 18.9 Å². The van der Waals surface area contributed by atoms with Crippen molar-refractivity contribution < 1.29 is 28.5 Å². The second kappa shape index (κ2) is 7.21. The standard InChI is InChI=1S/C18H20O6/c1-6-7-10(2)14-15(18(20)24-17(14)19)11-8-12(21-3)16(23-5)13(9-11)22-4/h6-9,15H,1-5H3/b7-6?,14-10-. The van der Waals surface area contributed by atoms with E-state index in [0.29, 0.717) is 34.0 Å². The Morgan fingerprint density at radius 3 is 2.12 bits per heavy atom. The highest BCUT2D eigenvalue weighted by Gasteiger charge is 2.42. The predicted octanol–water partition coefficient (Wildman–Crippen LogP) is 2.77. The van der Waals surface area contributed by atoms with Crippen LogP contribution in [-0.2, 0) is 14.3 Å². The maximum absolute atomic E-state index is 12.2. The fraction of sp³-hybridized carbons (Fsp3) is 0.333. The predicted molar refractivity (Wildman–Crippen MR) is 87.5 cm³/mol.